The maximum Gasteiger partial charge on any atom is 0.138 e. The molecule has 3 heteroatoms. The molecule has 0 bridgehead atoms. The zero-order valence-electron chi connectivity index (χ0n) is 33.9. The van der Waals surface area contributed by atoms with Gasteiger partial charge in [0.15, 0.2) is 0 Å². The molecule has 0 unspecified atom stereocenters. The predicted molar refractivity (Wildman–Crippen MR) is 260 cm³/mol. The molecule has 3 aromatic heterocycles. The predicted octanol–water partition coefficient (Wildman–Crippen LogP) is 15.6. The van der Waals surface area contributed by atoms with Crippen LogP contribution in [0.4, 0.5) is 0 Å². The number of pyridine rings is 1. The van der Waals surface area contributed by atoms with Gasteiger partial charge in [-0.1, -0.05) is 164 Å². The largest absolute Gasteiger partial charge is 0.309 e. The van der Waals surface area contributed by atoms with E-state index in [1.54, 1.807) is 0 Å². The SMILES string of the molecule is c1ccc(-c2ccc(-c3cccc(-c4ccnc(-n5c6ccccc6c6cc(-c7ccc8c(c7)c7ccccc7n8-c7ccc(-c8ccccc8)cc7)ccc65)c4)c3)cc2)cc1. The van der Waals surface area contributed by atoms with Crippen molar-refractivity contribution in [2.45, 2.75) is 0 Å². The summed E-state index contributed by atoms with van der Waals surface area (Å²) in [5, 5.41) is 4.88. The second-order valence-electron chi connectivity index (χ2n) is 16.0. The summed E-state index contributed by atoms with van der Waals surface area (Å²) in [6.45, 7) is 0. The normalized spacial score (nSPS) is 11.5. The lowest BCUT2D eigenvalue weighted by molar-refractivity contribution is 1.08. The zero-order valence-corrected chi connectivity index (χ0v) is 33.9. The number of benzene rings is 9. The van der Waals surface area contributed by atoms with E-state index >= 15 is 0 Å². The lowest BCUT2D eigenvalue weighted by Crippen LogP contribution is -1.97. The third-order valence-corrected chi connectivity index (χ3v) is 12.4. The van der Waals surface area contributed by atoms with Crippen molar-refractivity contribution in [2.75, 3.05) is 0 Å². The van der Waals surface area contributed by atoms with E-state index in [0.29, 0.717) is 0 Å². The number of nitrogens with zero attached hydrogens (tertiary/aromatic N) is 3. The maximum atomic E-state index is 4.98. The van der Waals surface area contributed by atoms with Crippen molar-refractivity contribution in [1.82, 2.24) is 14.1 Å². The molecule has 9 aromatic carbocycles. The van der Waals surface area contributed by atoms with Crippen LogP contribution in [0.25, 0.3) is 111 Å². The van der Waals surface area contributed by atoms with Crippen LogP contribution in [0.1, 0.15) is 0 Å². The number of aromatic nitrogens is 3. The number of hydrogen-bond acceptors (Lipinski definition) is 1. The average Bonchev–Trinajstić information content (AvgIpc) is 3.87. The summed E-state index contributed by atoms with van der Waals surface area (Å²) < 4.78 is 4.70. The maximum absolute atomic E-state index is 4.98. The topological polar surface area (TPSA) is 22.8 Å². The first-order valence-electron chi connectivity index (χ1n) is 21.2. The number of fused-ring (bicyclic) bond motifs is 6. The Labute approximate surface area is 360 Å². The molecule has 0 saturated carbocycles. The lowest BCUT2D eigenvalue weighted by atomic mass is 9.97. The number of para-hydroxylation sites is 2. The van der Waals surface area contributed by atoms with Crippen LogP contribution in [0.5, 0.6) is 0 Å². The Morgan fingerprint density at radius 3 is 1.23 bits per heavy atom. The second-order valence-corrected chi connectivity index (χ2v) is 16.0. The van der Waals surface area contributed by atoms with E-state index in [1.165, 1.54) is 77.1 Å². The van der Waals surface area contributed by atoms with Crippen LogP contribution in [-0.2, 0) is 0 Å². The van der Waals surface area contributed by atoms with Gasteiger partial charge < -0.3 is 4.57 Å². The van der Waals surface area contributed by atoms with Crippen LogP contribution in [0.15, 0.2) is 237 Å². The van der Waals surface area contributed by atoms with Gasteiger partial charge in [-0.15, -0.1) is 0 Å². The van der Waals surface area contributed by atoms with E-state index in [0.717, 1.165) is 33.7 Å². The van der Waals surface area contributed by atoms with E-state index < -0.39 is 0 Å². The first-order valence-corrected chi connectivity index (χ1v) is 21.2. The molecule has 62 heavy (non-hydrogen) atoms. The van der Waals surface area contributed by atoms with Crippen molar-refractivity contribution in [3.05, 3.63) is 237 Å². The van der Waals surface area contributed by atoms with Crippen LogP contribution in [0.3, 0.4) is 0 Å². The Kier molecular flexibility index (Phi) is 8.50. The third-order valence-electron chi connectivity index (χ3n) is 12.4. The Morgan fingerprint density at radius 1 is 0.242 bits per heavy atom. The Morgan fingerprint density at radius 2 is 0.629 bits per heavy atom. The summed E-state index contributed by atoms with van der Waals surface area (Å²) in [6.07, 6.45) is 1.93. The van der Waals surface area contributed by atoms with Crippen LogP contribution in [0, 0.1) is 0 Å². The highest BCUT2D eigenvalue weighted by Crippen LogP contribution is 2.39. The Bertz CT molecular complexity index is 3600. The van der Waals surface area contributed by atoms with E-state index in [1.807, 2.05) is 6.20 Å². The monoisotopic (exact) mass is 789 g/mol. The summed E-state index contributed by atoms with van der Waals surface area (Å²) in [4.78, 5) is 4.98. The molecule has 0 aliphatic carbocycles. The molecule has 12 rings (SSSR count). The molecule has 0 aliphatic heterocycles. The Hall–Kier alpha value is -8.27. The van der Waals surface area contributed by atoms with Crippen LogP contribution in [0.2, 0.25) is 0 Å². The van der Waals surface area contributed by atoms with E-state index in [4.69, 9.17) is 4.98 Å². The minimum atomic E-state index is 0.894. The van der Waals surface area contributed by atoms with Gasteiger partial charge >= 0.3 is 0 Å². The fourth-order valence-corrected chi connectivity index (χ4v) is 9.35. The first-order chi connectivity index (χ1) is 30.7. The van der Waals surface area contributed by atoms with Crippen molar-refractivity contribution in [2.24, 2.45) is 0 Å². The standard InChI is InChI=1S/C59H39N3/c1-3-12-40(13-4-1)42-22-24-44(25-23-42)45-16-11-17-46(36-45)49-34-35-60-59(39-49)62-56-21-10-8-19-52(56)54-38-48(29-33-58(54)62)47-28-32-57-53(37-47)51-18-7-9-20-55(51)61(57)50-30-26-43(27-31-50)41-14-5-2-6-15-41/h1-39H. The minimum absolute atomic E-state index is 0.894. The summed E-state index contributed by atoms with van der Waals surface area (Å²) in [7, 11) is 0. The summed E-state index contributed by atoms with van der Waals surface area (Å²) in [5.41, 5.74) is 17.7. The van der Waals surface area contributed by atoms with Gasteiger partial charge in [0.2, 0.25) is 0 Å². The van der Waals surface area contributed by atoms with Crippen molar-refractivity contribution in [3.8, 4) is 67.1 Å². The third kappa shape index (κ3) is 6.10. The van der Waals surface area contributed by atoms with Crippen LogP contribution in [-0.4, -0.2) is 14.1 Å². The molecule has 0 atom stereocenters. The summed E-state index contributed by atoms with van der Waals surface area (Å²) in [5.74, 6) is 0.894. The molecule has 290 valence electrons. The van der Waals surface area contributed by atoms with Gasteiger partial charge in [0.25, 0.3) is 0 Å². The van der Waals surface area contributed by atoms with Gasteiger partial charge in [-0.05, 0) is 122 Å². The molecular weight excluding hydrogens is 751 g/mol. The van der Waals surface area contributed by atoms with Gasteiger partial charge in [-0.25, -0.2) is 4.98 Å². The molecule has 0 fully saturated rings. The number of rotatable bonds is 7. The van der Waals surface area contributed by atoms with Crippen LogP contribution < -0.4 is 0 Å². The highest BCUT2D eigenvalue weighted by Gasteiger charge is 2.17. The van der Waals surface area contributed by atoms with Crippen molar-refractivity contribution in [3.63, 3.8) is 0 Å². The van der Waals surface area contributed by atoms with E-state index in [2.05, 4.69) is 240 Å². The molecule has 0 aliphatic rings. The minimum Gasteiger partial charge on any atom is -0.309 e. The molecule has 3 heterocycles. The molecule has 12 aromatic rings. The zero-order chi connectivity index (χ0) is 41.0. The molecule has 0 N–H and O–H groups in total. The molecular formula is C59H39N3. The molecule has 0 spiro atoms. The van der Waals surface area contributed by atoms with Crippen molar-refractivity contribution < 1.29 is 0 Å². The average molecular weight is 790 g/mol. The quantitative estimate of drug-likeness (QED) is 0.158. The van der Waals surface area contributed by atoms with Gasteiger partial charge in [0, 0.05) is 33.4 Å². The van der Waals surface area contributed by atoms with Gasteiger partial charge in [-0.3, -0.25) is 4.57 Å². The first kappa shape index (κ1) is 35.7. The van der Waals surface area contributed by atoms with Gasteiger partial charge in [0.1, 0.15) is 5.82 Å². The molecule has 0 amide bonds. The molecule has 0 saturated heterocycles. The Balaban J connectivity index is 0.910. The van der Waals surface area contributed by atoms with Gasteiger partial charge in [-0.2, -0.15) is 0 Å². The highest BCUT2D eigenvalue weighted by atomic mass is 15.1. The summed E-state index contributed by atoms with van der Waals surface area (Å²) in [6, 6.07) is 83.2. The smallest absolute Gasteiger partial charge is 0.138 e. The molecule has 0 radical (unpaired) electrons. The summed E-state index contributed by atoms with van der Waals surface area (Å²) >= 11 is 0. The lowest BCUT2D eigenvalue weighted by Gasteiger charge is -2.11. The van der Waals surface area contributed by atoms with Crippen molar-refractivity contribution in [1.29, 1.82) is 0 Å². The van der Waals surface area contributed by atoms with Gasteiger partial charge in [0.05, 0.1) is 22.1 Å². The van der Waals surface area contributed by atoms with Crippen molar-refractivity contribution >= 4 is 43.6 Å². The number of hydrogen-bond donors (Lipinski definition) is 0. The fourth-order valence-electron chi connectivity index (χ4n) is 9.35. The van der Waals surface area contributed by atoms with Crippen LogP contribution >= 0.6 is 0 Å². The second kappa shape index (κ2) is 14.8. The molecule has 3 nitrogen and oxygen atoms in total. The van der Waals surface area contributed by atoms with E-state index in [9.17, 15) is 0 Å². The van der Waals surface area contributed by atoms with E-state index in [-0.39, 0.29) is 0 Å². The highest BCUT2D eigenvalue weighted by molar-refractivity contribution is 6.12. The fraction of sp³-hybridized carbons (Fsp3) is 0.